The molecule has 2 rings (SSSR count). The first-order valence-electron chi connectivity index (χ1n) is 5.66. The van der Waals surface area contributed by atoms with Crippen LogP contribution in [0.4, 0.5) is 10.3 Å². The quantitative estimate of drug-likeness (QED) is 0.861. The summed E-state index contributed by atoms with van der Waals surface area (Å²) in [5.41, 5.74) is 6.29. The second kappa shape index (κ2) is 4.73. The lowest BCUT2D eigenvalue weighted by Gasteiger charge is -2.09. The molecule has 0 radical (unpaired) electrons. The van der Waals surface area contributed by atoms with Crippen LogP contribution in [0.1, 0.15) is 6.92 Å². The second-order valence-corrected chi connectivity index (χ2v) is 4.23. The first kappa shape index (κ1) is 12.5. The Morgan fingerprint density at radius 3 is 2.94 bits per heavy atom. The van der Waals surface area contributed by atoms with Gasteiger partial charge in [-0.1, -0.05) is 13.0 Å². The molecule has 0 saturated heterocycles. The average Bonchev–Trinajstić information content (AvgIpc) is 2.68. The molecular weight excluding hydrogens is 235 g/mol. The highest BCUT2D eigenvalue weighted by atomic mass is 19.1. The van der Waals surface area contributed by atoms with Gasteiger partial charge in [0.05, 0.1) is 5.52 Å². The van der Waals surface area contributed by atoms with Crippen LogP contribution in [0.15, 0.2) is 18.2 Å². The third-order valence-electron chi connectivity index (χ3n) is 2.90. The summed E-state index contributed by atoms with van der Waals surface area (Å²) in [6, 6.07) is 4.68. The van der Waals surface area contributed by atoms with Crippen molar-refractivity contribution in [2.75, 3.05) is 11.9 Å². The molecule has 1 heterocycles. The highest BCUT2D eigenvalue weighted by Crippen LogP contribution is 2.20. The standard InChI is InChI=1S/C12H15FN4O/c1-7(6-14)11(18)16-12-15-10-8(13)4-3-5-9(10)17(12)2/h3-5,7H,6,14H2,1-2H3,(H,15,16,18). The van der Waals surface area contributed by atoms with E-state index in [-0.39, 0.29) is 23.9 Å². The van der Waals surface area contributed by atoms with Crippen molar-refractivity contribution in [1.29, 1.82) is 0 Å². The van der Waals surface area contributed by atoms with Gasteiger partial charge >= 0.3 is 0 Å². The fourth-order valence-corrected chi connectivity index (χ4v) is 1.63. The Kier molecular flexibility index (Phi) is 3.29. The van der Waals surface area contributed by atoms with E-state index in [2.05, 4.69) is 10.3 Å². The molecule has 0 fully saturated rings. The van der Waals surface area contributed by atoms with E-state index in [0.717, 1.165) is 0 Å². The number of aryl methyl sites for hydroxylation is 1. The predicted octanol–water partition coefficient (Wildman–Crippen LogP) is 1.25. The number of anilines is 1. The van der Waals surface area contributed by atoms with Crippen LogP contribution < -0.4 is 11.1 Å². The van der Waals surface area contributed by atoms with Crippen LogP contribution in [0, 0.1) is 11.7 Å². The number of rotatable bonds is 3. The number of benzene rings is 1. The number of nitrogens with two attached hydrogens (primary N) is 1. The third-order valence-corrected chi connectivity index (χ3v) is 2.90. The van der Waals surface area contributed by atoms with Crippen LogP contribution in [-0.2, 0) is 11.8 Å². The van der Waals surface area contributed by atoms with Crippen LogP contribution in [-0.4, -0.2) is 22.0 Å². The molecule has 5 nitrogen and oxygen atoms in total. The van der Waals surface area contributed by atoms with Crippen molar-refractivity contribution in [3.8, 4) is 0 Å². The van der Waals surface area contributed by atoms with Crippen molar-refractivity contribution in [1.82, 2.24) is 9.55 Å². The zero-order valence-electron chi connectivity index (χ0n) is 10.3. The Morgan fingerprint density at radius 1 is 1.61 bits per heavy atom. The fourth-order valence-electron chi connectivity index (χ4n) is 1.63. The number of imidazole rings is 1. The van der Waals surface area contributed by atoms with Gasteiger partial charge in [-0.25, -0.2) is 9.37 Å². The molecule has 0 spiro atoms. The minimum Gasteiger partial charge on any atom is -0.330 e. The Morgan fingerprint density at radius 2 is 2.33 bits per heavy atom. The van der Waals surface area contributed by atoms with Crippen LogP contribution >= 0.6 is 0 Å². The van der Waals surface area contributed by atoms with Gasteiger partial charge in [-0.15, -0.1) is 0 Å². The summed E-state index contributed by atoms with van der Waals surface area (Å²) in [7, 11) is 1.72. The van der Waals surface area contributed by atoms with E-state index in [1.807, 2.05) is 0 Å². The summed E-state index contributed by atoms with van der Waals surface area (Å²) in [5.74, 6) is -0.623. The molecular formula is C12H15FN4O. The summed E-state index contributed by atoms with van der Waals surface area (Å²) in [6.07, 6.45) is 0. The molecule has 2 aromatic rings. The molecule has 3 N–H and O–H groups in total. The monoisotopic (exact) mass is 250 g/mol. The molecule has 1 aromatic heterocycles. The minimum atomic E-state index is -0.407. The summed E-state index contributed by atoms with van der Waals surface area (Å²) in [4.78, 5) is 15.8. The topological polar surface area (TPSA) is 72.9 Å². The van der Waals surface area contributed by atoms with Crippen LogP contribution in [0.25, 0.3) is 11.0 Å². The lowest BCUT2D eigenvalue weighted by Crippen LogP contribution is -2.27. The molecule has 18 heavy (non-hydrogen) atoms. The molecule has 1 aromatic carbocycles. The first-order chi connectivity index (χ1) is 8.54. The van der Waals surface area contributed by atoms with Crippen LogP contribution in [0.2, 0.25) is 0 Å². The van der Waals surface area contributed by atoms with Crippen molar-refractivity contribution in [3.05, 3.63) is 24.0 Å². The summed E-state index contributed by atoms with van der Waals surface area (Å²) in [6.45, 7) is 1.97. The largest absolute Gasteiger partial charge is 0.330 e. The van der Waals surface area contributed by atoms with Gasteiger partial charge in [0, 0.05) is 19.5 Å². The number of fused-ring (bicyclic) bond motifs is 1. The number of carbonyl (C=O) groups is 1. The lowest BCUT2D eigenvalue weighted by molar-refractivity contribution is -0.119. The number of carbonyl (C=O) groups excluding carboxylic acids is 1. The number of nitrogens with one attached hydrogen (secondary N) is 1. The maximum Gasteiger partial charge on any atom is 0.230 e. The normalized spacial score (nSPS) is 12.7. The SMILES string of the molecule is CC(CN)C(=O)Nc1nc2c(F)cccc2n1C. The van der Waals surface area contributed by atoms with Crippen LogP contribution in [0.5, 0.6) is 0 Å². The van der Waals surface area contributed by atoms with E-state index >= 15 is 0 Å². The Labute approximate surface area is 104 Å². The van der Waals surface area contributed by atoms with Gasteiger partial charge in [0.25, 0.3) is 0 Å². The molecule has 0 aliphatic rings. The highest BCUT2D eigenvalue weighted by Gasteiger charge is 2.16. The van der Waals surface area contributed by atoms with Gasteiger partial charge in [0.2, 0.25) is 11.9 Å². The van der Waals surface area contributed by atoms with Gasteiger partial charge in [-0.05, 0) is 12.1 Å². The zero-order valence-corrected chi connectivity index (χ0v) is 10.3. The third kappa shape index (κ3) is 2.06. The predicted molar refractivity (Wildman–Crippen MR) is 67.5 cm³/mol. The average molecular weight is 250 g/mol. The molecule has 0 aliphatic carbocycles. The fraction of sp³-hybridized carbons (Fsp3) is 0.333. The molecule has 0 saturated carbocycles. The molecule has 0 aliphatic heterocycles. The van der Waals surface area contributed by atoms with Crippen molar-refractivity contribution in [3.63, 3.8) is 0 Å². The van der Waals surface area contributed by atoms with E-state index in [9.17, 15) is 9.18 Å². The van der Waals surface area contributed by atoms with Gasteiger partial charge in [-0.3, -0.25) is 10.1 Å². The van der Waals surface area contributed by atoms with Gasteiger partial charge in [0.15, 0.2) is 5.82 Å². The number of nitrogens with zero attached hydrogens (tertiary/aromatic N) is 2. The Balaban J connectivity index is 2.38. The molecule has 1 atom stereocenters. The summed E-state index contributed by atoms with van der Waals surface area (Å²) in [5, 5.41) is 2.64. The second-order valence-electron chi connectivity index (χ2n) is 4.23. The van der Waals surface area contributed by atoms with Crippen molar-refractivity contribution < 1.29 is 9.18 Å². The minimum absolute atomic E-state index is 0.226. The summed E-state index contributed by atoms with van der Waals surface area (Å²) < 4.78 is 15.2. The number of amides is 1. The number of hydrogen-bond donors (Lipinski definition) is 2. The van der Waals surface area contributed by atoms with Gasteiger partial charge in [0.1, 0.15) is 5.52 Å². The first-order valence-corrected chi connectivity index (χ1v) is 5.66. The van der Waals surface area contributed by atoms with E-state index < -0.39 is 5.82 Å². The van der Waals surface area contributed by atoms with Gasteiger partial charge < -0.3 is 10.3 Å². The van der Waals surface area contributed by atoms with E-state index in [4.69, 9.17) is 5.73 Å². The van der Waals surface area contributed by atoms with Crippen molar-refractivity contribution >= 4 is 22.9 Å². The molecule has 1 amide bonds. The van der Waals surface area contributed by atoms with E-state index in [1.54, 1.807) is 30.7 Å². The van der Waals surface area contributed by atoms with Gasteiger partial charge in [-0.2, -0.15) is 0 Å². The lowest BCUT2D eigenvalue weighted by atomic mass is 10.2. The number of halogens is 1. The van der Waals surface area contributed by atoms with Crippen molar-refractivity contribution in [2.45, 2.75) is 6.92 Å². The highest BCUT2D eigenvalue weighted by molar-refractivity contribution is 5.93. The summed E-state index contributed by atoms with van der Waals surface area (Å²) >= 11 is 0. The number of aromatic nitrogens is 2. The molecule has 0 bridgehead atoms. The number of hydrogen-bond acceptors (Lipinski definition) is 3. The smallest absolute Gasteiger partial charge is 0.230 e. The molecule has 1 unspecified atom stereocenters. The van der Waals surface area contributed by atoms with Crippen LogP contribution in [0.3, 0.4) is 0 Å². The maximum atomic E-state index is 13.5. The number of para-hydroxylation sites is 1. The molecule has 96 valence electrons. The zero-order chi connectivity index (χ0) is 13.3. The molecule has 6 heteroatoms. The maximum absolute atomic E-state index is 13.5. The Bertz CT molecular complexity index is 593. The Hall–Kier alpha value is -1.95. The van der Waals surface area contributed by atoms with E-state index in [0.29, 0.717) is 11.5 Å². The van der Waals surface area contributed by atoms with Crippen molar-refractivity contribution in [2.24, 2.45) is 18.7 Å². The van der Waals surface area contributed by atoms with E-state index in [1.165, 1.54) is 6.07 Å².